The van der Waals surface area contributed by atoms with Crippen LogP contribution in [0.1, 0.15) is 66.7 Å². The highest BCUT2D eigenvalue weighted by molar-refractivity contribution is 4.85. The molecule has 0 aromatic heterocycles. The smallest absolute Gasteiger partial charge is 0.0174 e. The molecule has 0 rings (SSSR count). The number of unbranched alkanes of at least 4 members (excludes halogenated alkanes) is 1. The molecule has 86 valence electrons. The van der Waals surface area contributed by atoms with Crippen LogP contribution in [0, 0.1) is 11.8 Å². The largest absolute Gasteiger partial charge is 0.325 e. The van der Waals surface area contributed by atoms with Crippen molar-refractivity contribution in [3.8, 4) is 0 Å². The fourth-order valence-electron chi connectivity index (χ4n) is 1.88. The Hall–Kier alpha value is -0.0400. The summed E-state index contributed by atoms with van der Waals surface area (Å²) in [5.41, 5.74) is 6.44. The zero-order chi connectivity index (χ0) is 11.2. The van der Waals surface area contributed by atoms with Gasteiger partial charge in [0.25, 0.3) is 0 Å². The summed E-state index contributed by atoms with van der Waals surface area (Å²) < 4.78 is 0. The minimum atomic E-state index is 0.0803. The van der Waals surface area contributed by atoms with Crippen molar-refractivity contribution in [3.63, 3.8) is 0 Å². The molecular weight excluding hydrogens is 170 g/mol. The second-order valence-corrected chi connectivity index (χ2v) is 5.38. The van der Waals surface area contributed by atoms with E-state index in [1.165, 1.54) is 25.7 Å². The van der Waals surface area contributed by atoms with Crippen LogP contribution in [0.15, 0.2) is 0 Å². The van der Waals surface area contributed by atoms with Gasteiger partial charge in [0.2, 0.25) is 0 Å². The summed E-state index contributed by atoms with van der Waals surface area (Å²) in [6, 6.07) is 0. The Morgan fingerprint density at radius 3 is 2.00 bits per heavy atom. The van der Waals surface area contributed by atoms with E-state index in [2.05, 4.69) is 34.6 Å². The quantitative estimate of drug-likeness (QED) is 0.617. The first kappa shape index (κ1) is 14.0. The standard InChI is InChI=1S/C13H29N/c1-6-13(14,12(4)5)10-8-7-9-11(2)3/h11-12H,6-10,14H2,1-5H3. The molecule has 0 saturated carbocycles. The Morgan fingerprint density at radius 2 is 1.64 bits per heavy atom. The van der Waals surface area contributed by atoms with Gasteiger partial charge in [0.15, 0.2) is 0 Å². The molecule has 0 aromatic carbocycles. The van der Waals surface area contributed by atoms with E-state index in [1.807, 2.05) is 0 Å². The molecule has 0 aliphatic rings. The summed E-state index contributed by atoms with van der Waals surface area (Å²) >= 11 is 0. The maximum absolute atomic E-state index is 6.36. The maximum Gasteiger partial charge on any atom is 0.0174 e. The highest BCUT2D eigenvalue weighted by Gasteiger charge is 2.25. The fraction of sp³-hybridized carbons (Fsp3) is 1.00. The van der Waals surface area contributed by atoms with E-state index >= 15 is 0 Å². The van der Waals surface area contributed by atoms with Gasteiger partial charge in [-0.3, -0.25) is 0 Å². The van der Waals surface area contributed by atoms with E-state index in [9.17, 15) is 0 Å². The van der Waals surface area contributed by atoms with E-state index in [4.69, 9.17) is 5.73 Å². The van der Waals surface area contributed by atoms with Crippen molar-refractivity contribution < 1.29 is 0 Å². The van der Waals surface area contributed by atoms with Crippen molar-refractivity contribution in [2.24, 2.45) is 17.6 Å². The fourth-order valence-corrected chi connectivity index (χ4v) is 1.88. The van der Waals surface area contributed by atoms with Crippen LogP contribution in [0.25, 0.3) is 0 Å². The molecule has 0 radical (unpaired) electrons. The van der Waals surface area contributed by atoms with Crippen LogP contribution >= 0.6 is 0 Å². The minimum Gasteiger partial charge on any atom is -0.325 e. The molecule has 0 bridgehead atoms. The normalized spacial score (nSPS) is 16.3. The lowest BCUT2D eigenvalue weighted by molar-refractivity contribution is 0.267. The second-order valence-electron chi connectivity index (χ2n) is 5.38. The van der Waals surface area contributed by atoms with Gasteiger partial charge in [-0.15, -0.1) is 0 Å². The molecule has 0 aliphatic heterocycles. The maximum atomic E-state index is 6.36. The van der Waals surface area contributed by atoms with Crippen molar-refractivity contribution in [1.82, 2.24) is 0 Å². The molecule has 1 nitrogen and oxygen atoms in total. The molecule has 0 aliphatic carbocycles. The van der Waals surface area contributed by atoms with Gasteiger partial charge in [0.05, 0.1) is 0 Å². The van der Waals surface area contributed by atoms with Crippen LogP contribution in [0.5, 0.6) is 0 Å². The first-order valence-electron chi connectivity index (χ1n) is 6.21. The molecular formula is C13H29N. The van der Waals surface area contributed by atoms with E-state index < -0.39 is 0 Å². The molecule has 2 N–H and O–H groups in total. The van der Waals surface area contributed by atoms with Crippen LogP contribution < -0.4 is 5.73 Å². The first-order chi connectivity index (χ1) is 6.42. The topological polar surface area (TPSA) is 26.0 Å². The van der Waals surface area contributed by atoms with E-state index in [0.29, 0.717) is 5.92 Å². The molecule has 0 saturated heterocycles. The van der Waals surface area contributed by atoms with Gasteiger partial charge in [-0.25, -0.2) is 0 Å². The predicted octanol–water partition coefficient (Wildman–Crippen LogP) is 3.97. The van der Waals surface area contributed by atoms with Gasteiger partial charge in [0, 0.05) is 5.54 Å². The van der Waals surface area contributed by atoms with Gasteiger partial charge in [-0.05, 0) is 24.7 Å². The average molecular weight is 199 g/mol. The number of rotatable bonds is 7. The number of nitrogens with two attached hydrogens (primary N) is 1. The molecule has 0 amide bonds. The SMILES string of the molecule is CCC(N)(CCCCC(C)C)C(C)C. The van der Waals surface area contributed by atoms with Crippen LogP contribution in [0.2, 0.25) is 0 Å². The van der Waals surface area contributed by atoms with Gasteiger partial charge < -0.3 is 5.73 Å². The van der Waals surface area contributed by atoms with Gasteiger partial charge >= 0.3 is 0 Å². The zero-order valence-corrected chi connectivity index (χ0v) is 10.8. The van der Waals surface area contributed by atoms with E-state index in [1.54, 1.807) is 0 Å². The van der Waals surface area contributed by atoms with Crippen LogP contribution in [0.4, 0.5) is 0 Å². The van der Waals surface area contributed by atoms with E-state index in [0.717, 1.165) is 12.3 Å². The Morgan fingerprint density at radius 1 is 1.07 bits per heavy atom. The summed E-state index contributed by atoms with van der Waals surface area (Å²) in [6.07, 6.45) is 6.27. The third-order valence-electron chi connectivity index (χ3n) is 3.48. The van der Waals surface area contributed by atoms with E-state index in [-0.39, 0.29) is 5.54 Å². The Balaban J connectivity index is 3.73. The van der Waals surface area contributed by atoms with Crippen LogP contribution in [-0.2, 0) is 0 Å². The van der Waals surface area contributed by atoms with Gasteiger partial charge in [-0.2, -0.15) is 0 Å². The summed E-state index contributed by atoms with van der Waals surface area (Å²) in [6.45, 7) is 11.3. The molecule has 0 spiro atoms. The van der Waals surface area contributed by atoms with Crippen molar-refractivity contribution in [2.75, 3.05) is 0 Å². The summed E-state index contributed by atoms with van der Waals surface area (Å²) in [5, 5.41) is 0. The van der Waals surface area contributed by atoms with Gasteiger partial charge in [0.1, 0.15) is 0 Å². The lowest BCUT2D eigenvalue weighted by atomic mass is 9.80. The second kappa shape index (κ2) is 6.44. The summed E-state index contributed by atoms with van der Waals surface area (Å²) in [7, 11) is 0. The van der Waals surface area contributed by atoms with Crippen molar-refractivity contribution in [1.29, 1.82) is 0 Å². The Kier molecular flexibility index (Phi) is 6.43. The van der Waals surface area contributed by atoms with Crippen LogP contribution in [-0.4, -0.2) is 5.54 Å². The summed E-state index contributed by atoms with van der Waals surface area (Å²) in [5.74, 6) is 1.44. The molecule has 1 unspecified atom stereocenters. The zero-order valence-electron chi connectivity index (χ0n) is 10.8. The lowest BCUT2D eigenvalue weighted by Crippen LogP contribution is -2.44. The average Bonchev–Trinajstić information content (AvgIpc) is 2.11. The monoisotopic (exact) mass is 199 g/mol. The van der Waals surface area contributed by atoms with Crippen molar-refractivity contribution in [2.45, 2.75) is 72.3 Å². The molecule has 14 heavy (non-hydrogen) atoms. The minimum absolute atomic E-state index is 0.0803. The third-order valence-corrected chi connectivity index (χ3v) is 3.48. The van der Waals surface area contributed by atoms with Crippen molar-refractivity contribution in [3.05, 3.63) is 0 Å². The number of hydrogen-bond donors (Lipinski definition) is 1. The third kappa shape index (κ3) is 4.99. The van der Waals surface area contributed by atoms with Crippen LogP contribution in [0.3, 0.4) is 0 Å². The van der Waals surface area contributed by atoms with Gasteiger partial charge in [-0.1, -0.05) is 53.9 Å². The molecule has 0 heterocycles. The van der Waals surface area contributed by atoms with Crippen molar-refractivity contribution >= 4 is 0 Å². The molecule has 1 heteroatoms. The highest BCUT2D eigenvalue weighted by atomic mass is 14.7. The number of hydrogen-bond acceptors (Lipinski definition) is 1. The lowest BCUT2D eigenvalue weighted by Gasteiger charge is -2.32. The summed E-state index contributed by atoms with van der Waals surface area (Å²) in [4.78, 5) is 0. The predicted molar refractivity (Wildman–Crippen MR) is 65.4 cm³/mol. The first-order valence-corrected chi connectivity index (χ1v) is 6.21. The molecule has 0 aromatic rings. The Labute approximate surface area is 90.5 Å². The Bertz CT molecular complexity index is 140. The highest BCUT2D eigenvalue weighted by Crippen LogP contribution is 2.25. The molecule has 0 fully saturated rings. The molecule has 1 atom stereocenters.